The van der Waals surface area contributed by atoms with Crippen LogP contribution in [-0.2, 0) is 9.59 Å². The van der Waals surface area contributed by atoms with Gasteiger partial charge in [-0.2, -0.15) is 0 Å². The van der Waals surface area contributed by atoms with E-state index >= 15 is 0 Å². The van der Waals surface area contributed by atoms with Crippen LogP contribution in [0.3, 0.4) is 0 Å². The molecule has 0 radical (unpaired) electrons. The molecule has 3 amide bonds. The lowest BCUT2D eigenvalue weighted by Crippen LogP contribution is -2.30. The van der Waals surface area contributed by atoms with Crippen molar-refractivity contribution in [2.24, 2.45) is 0 Å². The highest BCUT2D eigenvalue weighted by Crippen LogP contribution is 2.29. The van der Waals surface area contributed by atoms with Gasteiger partial charge in [0, 0.05) is 21.7 Å². The number of nitrogens with zero attached hydrogens (tertiary/aromatic N) is 1. The van der Waals surface area contributed by atoms with E-state index in [4.69, 9.17) is 4.74 Å². The third-order valence-corrected chi connectivity index (χ3v) is 8.39. The van der Waals surface area contributed by atoms with Gasteiger partial charge in [0.2, 0.25) is 5.91 Å². The standard InChI is InChI=1S/C34H30N4O4S2/c1-3-42-29-18-9-7-14-24(29)20-28(36-32(40)23-12-5-4-6-13-23)33(41)35-25-15-11-16-26(21-25)43-22(2)31(39)38-34-37-27-17-8-10-19-30(27)44-34/h4-22H,3H2,1-2H3,(H,35,41)(H,36,40)(H,37,38,39)/b28-20+. The summed E-state index contributed by atoms with van der Waals surface area (Å²) in [6.07, 6.45) is 1.59. The third-order valence-electron chi connectivity index (χ3n) is 6.35. The van der Waals surface area contributed by atoms with E-state index in [0.29, 0.717) is 34.3 Å². The summed E-state index contributed by atoms with van der Waals surface area (Å²) >= 11 is 2.78. The van der Waals surface area contributed by atoms with Crippen LogP contribution in [-0.4, -0.2) is 34.6 Å². The third kappa shape index (κ3) is 7.91. The molecule has 5 aromatic rings. The lowest BCUT2D eigenvalue weighted by Gasteiger charge is -2.14. The number of thiazole rings is 1. The van der Waals surface area contributed by atoms with Gasteiger partial charge in [-0.15, -0.1) is 11.8 Å². The Morgan fingerprint density at radius 2 is 1.66 bits per heavy atom. The SMILES string of the molecule is CCOc1ccccc1/C=C(/NC(=O)c1ccccc1)C(=O)Nc1cccc(SC(C)C(=O)Nc2nc3ccccc3s2)c1. The topological polar surface area (TPSA) is 109 Å². The minimum Gasteiger partial charge on any atom is -0.493 e. The highest BCUT2D eigenvalue weighted by Gasteiger charge is 2.19. The second kappa shape index (κ2) is 14.5. The molecule has 0 fully saturated rings. The zero-order valence-electron chi connectivity index (χ0n) is 24.1. The number of thioether (sulfide) groups is 1. The average Bonchev–Trinajstić information content (AvgIpc) is 3.44. The average molecular weight is 623 g/mol. The van der Waals surface area contributed by atoms with Crippen LogP contribution in [0.25, 0.3) is 16.3 Å². The highest BCUT2D eigenvalue weighted by molar-refractivity contribution is 8.00. The molecular weight excluding hydrogens is 593 g/mol. The van der Waals surface area contributed by atoms with Gasteiger partial charge in [-0.25, -0.2) is 4.98 Å². The Hall–Kier alpha value is -4.93. The van der Waals surface area contributed by atoms with Crippen LogP contribution in [0.4, 0.5) is 10.8 Å². The molecule has 0 saturated heterocycles. The number of anilines is 2. The fourth-order valence-corrected chi connectivity index (χ4v) is 6.02. The number of hydrogen-bond acceptors (Lipinski definition) is 7. The number of carbonyl (C=O) groups excluding carboxylic acids is 3. The zero-order valence-corrected chi connectivity index (χ0v) is 25.7. The van der Waals surface area contributed by atoms with Gasteiger partial charge in [0.1, 0.15) is 11.4 Å². The van der Waals surface area contributed by atoms with E-state index in [1.165, 1.54) is 23.1 Å². The number of rotatable bonds is 11. The van der Waals surface area contributed by atoms with Crippen LogP contribution in [0, 0.1) is 0 Å². The minimum atomic E-state index is -0.510. The number of fused-ring (bicyclic) bond motifs is 1. The molecule has 3 N–H and O–H groups in total. The molecule has 0 spiro atoms. The minimum absolute atomic E-state index is 0.0487. The maximum Gasteiger partial charge on any atom is 0.272 e. The number of ether oxygens (including phenoxy) is 1. The lowest BCUT2D eigenvalue weighted by atomic mass is 10.1. The summed E-state index contributed by atoms with van der Waals surface area (Å²) in [5.41, 5.74) is 2.46. The maximum atomic E-state index is 13.6. The quantitative estimate of drug-likeness (QED) is 0.106. The molecule has 10 heteroatoms. The molecule has 8 nitrogen and oxygen atoms in total. The normalized spacial score (nSPS) is 11.9. The van der Waals surface area contributed by atoms with Crippen molar-refractivity contribution in [2.75, 3.05) is 17.2 Å². The van der Waals surface area contributed by atoms with E-state index in [1.807, 2.05) is 68.4 Å². The van der Waals surface area contributed by atoms with E-state index < -0.39 is 17.1 Å². The number of aromatic nitrogens is 1. The molecule has 0 bridgehead atoms. The largest absolute Gasteiger partial charge is 0.493 e. The smallest absolute Gasteiger partial charge is 0.272 e. The van der Waals surface area contributed by atoms with Crippen LogP contribution in [0.2, 0.25) is 0 Å². The molecule has 0 aliphatic carbocycles. The van der Waals surface area contributed by atoms with Crippen molar-refractivity contribution in [1.29, 1.82) is 0 Å². The summed E-state index contributed by atoms with van der Waals surface area (Å²) in [6.45, 7) is 4.14. The van der Waals surface area contributed by atoms with Gasteiger partial charge in [0.05, 0.1) is 22.1 Å². The van der Waals surface area contributed by atoms with E-state index in [2.05, 4.69) is 20.9 Å². The number of amides is 3. The second-order valence-corrected chi connectivity index (χ2v) is 12.0. The van der Waals surface area contributed by atoms with Gasteiger partial charge in [-0.3, -0.25) is 14.4 Å². The summed E-state index contributed by atoms with van der Waals surface area (Å²) in [7, 11) is 0. The number of carbonyl (C=O) groups is 3. The molecular formula is C34H30N4O4S2. The van der Waals surface area contributed by atoms with Crippen molar-refractivity contribution in [2.45, 2.75) is 24.0 Å². The number of nitrogens with one attached hydrogen (secondary N) is 3. The Kier molecular flexibility index (Phi) is 10.1. The van der Waals surface area contributed by atoms with Gasteiger partial charge in [0.25, 0.3) is 11.8 Å². The monoisotopic (exact) mass is 622 g/mol. The molecule has 4 aromatic carbocycles. The van der Waals surface area contributed by atoms with E-state index in [-0.39, 0.29) is 11.6 Å². The first-order valence-electron chi connectivity index (χ1n) is 13.9. The van der Waals surface area contributed by atoms with Gasteiger partial charge in [-0.1, -0.05) is 65.9 Å². The van der Waals surface area contributed by atoms with Crippen LogP contribution in [0.15, 0.2) is 114 Å². The summed E-state index contributed by atoms with van der Waals surface area (Å²) in [4.78, 5) is 44.8. The highest BCUT2D eigenvalue weighted by atomic mass is 32.2. The Morgan fingerprint density at radius 3 is 2.45 bits per heavy atom. The summed E-state index contributed by atoms with van der Waals surface area (Å²) in [6, 6.07) is 30.9. The molecule has 1 unspecified atom stereocenters. The van der Waals surface area contributed by atoms with Crippen LogP contribution >= 0.6 is 23.1 Å². The molecule has 0 aliphatic rings. The van der Waals surface area contributed by atoms with Crippen LogP contribution < -0.4 is 20.7 Å². The molecule has 222 valence electrons. The number of benzene rings is 4. The van der Waals surface area contributed by atoms with Crippen LogP contribution in [0.5, 0.6) is 5.75 Å². The van der Waals surface area contributed by atoms with Crippen molar-refractivity contribution < 1.29 is 19.1 Å². The molecule has 44 heavy (non-hydrogen) atoms. The summed E-state index contributed by atoms with van der Waals surface area (Å²) < 4.78 is 6.72. The van der Waals surface area contributed by atoms with Crippen LogP contribution in [0.1, 0.15) is 29.8 Å². The number of para-hydroxylation sites is 2. The Balaban J connectivity index is 1.31. The molecule has 1 atom stereocenters. The van der Waals surface area contributed by atoms with E-state index in [0.717, 1.165) is 15.1 Å². The second-order valence-electron chi connectivity index (χ2n) is 9.57. The first-order chi connectivity index (χ1) is 21.4. The predicted octanol–water partition coefficient (Wildman–Crippen LogP) is 7.22. The summed E-state index contributed by atoms with van der Waals surface area (Å²) in [5.74, 6) is -0.515. The van der Waals surface area contributed by atoms with Gasteiger partial charge < -0.3 is 20.7 Å². The first-order valence-corrected chi connectivity index (χ1v) is 15.6. The van der Waals surface area contributed by atoms with Crippen molar-refractivity contribution >= 4 is 67.9 Å². The van der Waals surface area contributed by atoms with Gasteiger partial charge in [-0.05, 0) is 68.5 Å². The molecule has 0 aliphatic heterocycles. The first kappa shape index (κ1) is 30.5. The Morgan fingerprint density at radius 1 is 0.909 bits per heavy atom. The Bertz CT molecular complexity index is 1790. The molecule has 5 rings (SSSR count). The van der Waals surface area contributed by atoms with Gasteiger partial charge in [0.15, 0.2) is 5.13 Å². The van der Waals surface area contributed by atoms with Crippen molar-refractivity contribution in [3.63, 3.8) is 0 Å². The molecule has 0 saturated carbocycles. The maximum absolute atomic E-state index is 13.6. The number of hydrogen-bond donors (Lipinski definition) is 3. The van der Waals surface area contributed by atoms with Crippen molar-refractivity contribution in [3.8, 4) is 5.75 Å². The molecule has 1 heterocycles. The molecule has 1 aromatic heterocycles. The fourth-order valence-electron chi connectivity index (χ4n) is 4.22. The van der Waals surface area contributed by atoms with Crippen molar-refractivity contribution in [3.05, 3.63) is 120 Å². The predicted molar refractivity (Wildman–Crippen MR) is 178 cm³/mol. The van der Waals surface area contributed by atoms with E-state index in [1.54, 1.807) is 54.6 Å². The van der Waals surface area contributed by atoms with Crippen molar-refractivity contribution in [1.82, 2.24) is 10.3 Å². The zero-order chi connectivity index (χ0) is 30.9. The van der Waals surface area contributed by atoms with Gasteiger partial charge >= 0.3 is 0 Å². The fraction of sp³-hybridized carbons (Fsp3) is 0.118. The Labute approximate surface area is 263 Å². The lowest BCUT2D eigenvalue weighted by molar-refractivity contribution is -0.115. The van der Waals surface area contributed by atoms with E-state index in [9.17, 15) is 14.4 Å². The summed E-state index contributed by atoms with van der Waals surface area (Å²) in [5, 5.41) is 8.66.